The smallest absolute Gasteiger partial charge is 0.349 e. The minimum Gasteiger partial charge on any atom is -0.349 e. The molecule has 1 saturated carbocycles. The number of halogens is 4. The molecule has 1 aromatic carbocycles. The van der Waals surface area contributed by atoms with Crippen LogP contribution in [0.25, 0.3) is 0 Å². The number of hydrogen-bond donors (Lipinski definition) is 1. The summed E-state index contributed by atoms with van der Waals surface area (Å²) in [5, 5.41) is 2.74. The van der Waals surface area contributed by atoms with Gasteiger partial charge in [-0.25, -0.2) is 4.39 Å². The second kappa shape index (κ2) is 6.03. The fraction of sp³-hybridized carbons (Fsp3) is 0.533. The molecule has 2 rings (SSSR count). The van der Waals surface area contributed by atoms with E-state index in [2.05, 4.69) is 5.32 Å². The van der Waals surface area contributed by atoms with Gasteiger partial charge in [0.25, 0.3) is 5.91 Å². The van der Waals surface area contributed by atoms with Crippen molar-refractivity contribution < 1.29 is 22.4 Å². The topological polar surface area (TPSA) is 29.1 Å². The van der Waals surface area contributed by atoms with Crippen molar-refractivity contribution in [3.05, 3.63) is 35.1 Å². The number of alkyl halides is 3. The Morgan fingerprint density at radius 3 is 2.33 bits per heavy atom. The minimum absolute atomic E-state index is 0.0385. The van der Waals surface area contributed by atoms with E-state index in [4.69, 9.17) is 0 Å². The number of carbonyl (C=O) groups excluding carboxylic acids is 1. The second-order valence-corrected chi connectivity index (χ2v) is 5.52. The summed E-state index contributed by atoms with van der Waals surface area (Å²) in [6.45, 7) is 1.62. The first kappa shape index (κ1) is 15.8. The van der Waals surface area contributed by atoms with E-state index in [0.717, 1.165) is 0 Å². The first-order valence-electron chi connectivity index (χ1n) is 6.91. The summed E-state index contributed by atoms with van der Waals surface area (Å²) in [6.07, 6.45) is -3.44. The molecule has 6 heteroatoms. The van der Waals surface area contributed by atoms with Crippen molar-refractivity contribution in [2.75, 3.05) is 0 Å². The summed E-state index contributed by atoms with van der Waals surface area (Å²) in [5.41, 5.74) is 0.867. The maximum atomic E-state index is 13.0. The third-order valence-electron chi connectivity index (χ3n) is 3.96. The molecule has 0 bridgehead atoms. The van der Waals surface area contributed by atoms with Crippen LogP contribution in [0.3, 0.4) is 0 Å². The number of aryl methyl sites for hydroxylation is 1. The Morgan fingerprint density at radius 1 is 1.19 bits per heavy atom. The summed E-state index contributed by atoms with van der Waals surface area (Å²) in [7, 11) is 0. The molecule has 1 amide bonds. The maximum Gasteiger partial charge on any atom is 0.391 e. The Balaban J connectivity index is 1.93. The Kier molecular flexibility index (Phi) is 4.54. The van der Waals surface area contributed by atoms with Crippen molar-refractivity contribution in [2.24, 2.45) is 5.92 Å². The molecule has 21 heavy (non-hydrogen) atoms. The average Bonchev–Trinajstić information content (AvgIpc) is 2.38. The van der Waals surface area contributed by atoms with Crippen LogP contribution < -0.4 is 5.32 Å². The zero-order chi connectivity index (χ0) is 15.6. The summed E-state index contributed by atoms with van der Waals surface area (Å²) in [6, 6.07) is 3.60. The zero-order valence-corrected chi connectivity index (χ0v) is 11.6. The van der Waals surface area contributed by atoms with Crippen LogP contribution in [0.2, 0.25) is 0 Å². The van der Waals surface area contributed by atoms with Gasteiger partial charge in [0.15, 0.2) is 0 Å². The van der Waals surface area contributed by atoms with E-state index >= 15 is 0 Å². The lowest BCUT2D eigenvalue weighted by molar-refractivity contribution is -0.182. The molecule has 1 aliphatic rings. The van der Waals surface area contributed by atoms with Gasteiger partial charge in [0, 0.05) is 11.6 Å². The lowest BCUT2D eigenvalue weighted by Crippen LogP contribution is -2.40. The van der Waals surface area contributed by atoms with Crippen LogP contribution in [0, 0.1) is 18.7 Å². The Hall–Kier alpha value is -1.59. The molecule has 0 unspecified atom stereocenters. The van der Waals surface area contributed by atoms with Gasteiger partial charge in [-0.1, -0.05) is 0 Å². The van der Waals surface area contributed by atoms with Crippen LogP contribution in [0.15, 0.2) is 18.2 Å². The second-order valence-electron chi connectivity index (χ2n) is 5.52. The summed E-state index contributed by atoms with van der Waals surface area (Å²) < 4.78 is 50.7. The molecule has 0 aromatic heterocycles. The molecule has 1 fully saturated rings. The minimum atomic E-state index is -4.15. The molecule has 116 valence electrons. The Labute approximate surface area is 120 Å². The SMILES string of the molecule is Cc1cc(F)ccc1C(=O)NC1CCC(C(F)(F)F)CC1. The van der Waals surface area contributed by atoms with Crippen molar-refractivity contribution in [3.63, 3.8) is 0 Å². The van der Waals surface area contributed by atoms with Gasteiger partial charge in [-0.05, 0) is 56.4 Å². The average molecular weight is 303 g/mol. The van der Waals surface area contributed by atoms with Gasteiger partial charge in [0.05, 0.1) is 5.92 Å². The van der Waals surface area contributed by atoms with Crippen molar-refractivity contribution in [1.82, 2.24) is 5.32 Å². The fourth-order valence-corrected chi connectivity index (χ4v) is 2.71. The lowest BCUT2D eigenvalue weighted by Gasteiger charge is -2.30. The molecule has 1 aromatic rings. The highest BCUT2D eigenvalue weighted by molar-refractivity contribution is 5.95. The largest absolute Gasteiger partial charge is 0.391 e. The van der Waals surface area contributed by atoms with Gasteiger partial charge < -0.3 is 5.32 Å². The lowest BCUT2D eigenvalue weighted by atomic mass is 9.85. The van der Waals surface area contributed by atoms with E-state index in [0.29, 0.717) is 24.0 Å². The molecule has 0 saturated heterocycles. The van der Waals surface area contributed by atoms with Gasteiger partial charge >= 0.3 is 6.18 Å². The van der Waals surface area contributed by atoms with Gasteiger partial charge in [-0.15, -0.1) is 0 Å². The first-order valence-corrected chi connectivity index (χ1v) is 6.91. The van der Waals surface area contributed by atoms with Crippen molar-refractivity contribution in [3.8, 4) is 0 Å². The number of carbonyl (C=O) groups is 1. The van der Waals surface area contributed by atoms with Crippen LogP contribution >= 0.6 is 0 Å². The predicted octanol–water partition coefficient (Wildman–Crippen LogP) is 3.99. The third-order valence-corrected chi connectivity index (χ3v) is 3.96. The Bertz CT molecular complexity index is 519. The van der Waals surface area contributed by atoms with E-state index in [1.165, 1.54) is 18.2 Å². The summed E-state index contributed by atoms with van der Waals surface area (Å²) in [5.74, 6) is -2.05. The quantitative estimate of drug-likeness (QED) is 0.823. The van der Waals surface area contributed by atoms with Crippen LogP contribution in [0.5, 0.6) is 0 Å². The van der Waals surface area contributed by atoms with E-state index < -0.39 is 17.9 Å². The predicted molar refractivity (Wildman–Crippen MR) is 70.4 cm³/mol. The van der Waals surface area contributed by atoms with E-state index in [1.54, 1.807) is 6.92 Å². The monoisotopic (exact) mass is 303 g/mol. The van der Waals surface area contributed by atoms with E-state index in [1.807, 2.05) is 0 Å². The molecule has 1 N–H and O–H groups in total. The van der Waals surface area contributed by atoms with Crippen LogP contribution in [0.4, 0.5) is 17.6 Å². The molecule has 0 heterocycles. The molecule has 0 aliphatic heterocycles. The number of hydrogen-bond acceptors (Lipinski definition) is 1. The van der Waals surface area contributed by atoms with E-state index in [9.17, 15) is 22.4 Å². The standard InChI is InChI=1S/C15H17F4NO/c1-9-8-11(16)4-7-13(9)14(21)20-12-5-2-10(3-6-12)15(17,18)19/h4,7-8,10,12H,2-3,5-6H2,1H3,(H,20,21). The molecule has 0 radical (unpaired) electrons. The van der Waals surface area contributed by atoms with Gasteiger partial charge in [0.1, 0.15) is 5.82 Å². The normalized spacial score (nSPS) is 22.9. The highest BCUT2D eigenvalue weighted by atomic mass is 19.4. The molecule has 2 nitrogen and oxygen atoms in total. The van der Waals surface area contributed by atoms with E-state index in [-0.39, 0.29) is 24.8 Å². The van der Waals surface area contributed by atoms with Crippen LogP contribution in [-0.4, -0.2) is 18.1 Å². The number of nitrogens with one attached hydrogen (secondary N) is 1. The molecule has 0 atom stereocenters. The van der Waals surface area contributed by atoms with Crippen LogP contribution in [-0.2, 0) is 0 Å². The first-order chi connectivity index (χ1) is 9.77. The maximum absolute atomic E-state index is 13.0. The number of benzene rings is 1. The summed E-state index contributed by atoms with van der Waals surface area (Å²) in [4.78, 5) is 12.1. The summed E-state index contributed by atoms with van der Waals surface area (Å²) >= 11 is 0. The highest BCUT2D eigenvalue weighted by Gasteiger charge is 2.41. The zero-order valence-electron chi connectivity index (χ0n) is 11.6. The van der Waals surface area contributed by atoms with Gasteiger partial charge in [0.2, 0.25) is 0 Å². The van der Waals surface area contributed by atoms with Gasteiger partial charge in [-0.2, -0.15) is 13.2 Å². The molecular weight excluding hydrogens is 286 g/mol. The molecule has 1 aliphatic carbocycles. The van der Waals surface area contributed by atoms with Gasteiger partial charge in [-0.3, -0.25) is 4.79 Å². The highest BCUT2D eigenvalue weighted by Crippen LogP contribution is 2.37. The Morgan fingerprint density at radius 2 is 1.81 bits per heavy atom. The third kappa shape index (κ3) is 3.95. The number of rotatable bonds is 2. The fourth-order valence-electron chi connectivity index (χ4n) is 2.71. The van der Waals surface area contributed by atoms with Crippen molar-refractivity contribution in [1.29, 1.82) is 0 Å². The van der Waals surface area contributed by atoms with Crippen molar-refractivity contribution >= 4 is 5.91 Å². The molecule has 0 spiro atoms. The number of amides is 1. The van der Waals surface area contributed by atoms with Crippen LogP contribution in [0.1, 0.15) is 41.6 Å². The van der Waals surface area contributed by atoms with Crippen molar-refractivity contribution in [2.45, 2.75) is 44.8 Å². The molecular formula is C15H17F4NO.